The summed E-state index contributed by atoms with van der Waals surface area (Å²) in [7, 11) is 1.66. The van der Waals surface area contributed by atoms with Gasteiger partial charge in [-0.3, -0.25) is 14.4 Å². The summed E-state index contributed by atoms with van der Waals surface area (Å²) in [6, 6.07) is 6.62. The summed E-state index contributed by atoms with van der Waals surface area (Å²) in [5, 5.41) is 2.71. The smallest absolute Gasteiger partial charge is 0.254 e. The predicted molar refractivity (Wildman–Crippen MR) is 91.2 cm³/mol. The van der Waals surface area contributed by atoms with Gasteiger partial charge in [-0.2, -0.15) is 0 Å². The second-order valence-electron chi connectivity index (χ2n) is 5.90. The molecule has 6 heteroatoms. The first kappa shape index (κ1) is 17.7. The highest BCUT2D eigenvalue weighted by atomic mass is 16.2. The van der Waals surface area contributed by atoms with Crippen LogP contribution in [0.3, 0.4) is 0 Å². The molecule has 3 amide bonds. The third kappa shape index (κ3) is 4.01. The molecule has 1 saturated heterocycles. The van der Waals surface area contributed by atoms with Crippen molar-refractivity contribution in [3.63, 3.8) is 0 Å². The highest BCUT2D eigenvalue weighted by Crippen LogP contribution is 2.18. The number of rotatable bonds is 6. The molecule has 1 heterocycles. The summed E-state index contributed by atoms with van der Waals surface area (Å²) in [6.45, 7) is 6.68. The molecule has 1 aliphatic rings. The lowest BCUT2D eigenvalue weighted by Gasteiger charge is -2.24. The monoisotopic (exact) mass is 329 g/mol. The van der Waals surface area contributed by atoms with Gasteiger partial charge in [-0.15, -0.1) is 6.58 Å². The molecule has 2 rings (SSSR count). The topological polar surface area (TPSA) is 69.7 Å². The van der Waals surface area contributed by atoms with Gasteiger partial charge in [-0.05, 0) is 24.1 Å². The summed E-state index contributed by atoms with van der Waals surface area (Å²) in [5.41, 5.74) is 1.44. The predicted octanol–water partition coefficient (Wildman–Crippen LogP) is 1.18. The highest BCUT2D eigenvalue weighted by molar-refractivity contribution is 5.98. The van der Waals surface area contributed by atoms with E-state index < -0.39 is 6.04 Å². The molecule has 0 aromatic heterocycles. The van der Waals surface area contributed by atoms with Crippen molar-refractivity contribution in [3.8, 4) is 0 Å². The first-order valence-electron chi connectivity index (χ1n) is 7.94. The molecule has 128 valence electrons. The average molecular weight is 329 g/mol. The van der Waals surface area contributed by atoms with Crippen LogP contribution in [-0.2, 0) is 16.1 Å². The molecule has 1 aromatic rings. The number of amides is 3. The molecule has 0 aliphatic carbocycles. The Bertz CT molecular complexity index is 639. The number of likely N-dealkylation sites (tertiary alicyclic amines) is 1. The molecule has 0 spiro atoms. The summed E-state index contributed by atoms with van der Waals surface area (Å²) < 4.78 is 0. The molecule has 6 nitrogen and oxygen atoms in total. The number of nitrogens with one attached hydrogen (secondary N) is 1. The van der Waals surface area contributed by atoms with E-state index in [2.05, 4.69) is 11.9 Å². The van der Waals surface area contributed by atoms with Crippen LogP contribution >= 0.6 is 0 Å². The zero-order valence-corrected chi connectivity index (χ0v) is 14.1. The van der Waals surface area contributed by atoms with Gasteiger partial charge in [-0.1, -0.05) is 18.2 Å². The number of likely N-dealkylation sites (N-methyl/N-ethyl adjacent to an activating group) is 1. The van der Waals surface area contributed by atoms with Gasteiger partial charge < -0.3 is 15.1 Å². The molecule has 1 fully saturated rings. The summed E-state index contributed by atoms with van der Waals surface area (Å²) in [5.74, 6) is -0.313. The SMILES string of the molecule is C=CCN1CCC(N(C)C(=O)c2ccc(CNC(C)=O)cc2)C1=O. The number of carbonyl (C=O) groups excluding carboxylic acids is 3. The van der Waals surface area contributed by atoms with E-state index in [4.69, 9.17) is 0 Å². The Morgan fingerprint density at radius 3 is 2.62 bits per heavy atom. The van der Waals surface area contributed by atoms with Gasteiger partial charge in [0.2, 0.25) is 11.8 Å². The first-order valence-corrected chi connectivity index (χ1v) is 7.94. The van der Waals surface area contributed by atoms with Crippen LogP contribution in [0.25, 0.3) is 0 Å². The van der Waals surface area contributed by atoms with Crippen LogP contribution in [0.5, 0.6) is 0 Å². The molecule has 1 N–H and O–H groups in total. The maximum atomic E-state index is 12.6. The van der Waals surface area contributed by atoms with Crippen molar-refractivity contribution >= 4 is 17.7 Å². The zero-order chi connectivity index (χ0) is 17.7. The van der Waals surface area contributed by atoms with Gasteiger partial charge in [0.15, 0.2) is 0 Å². The van der Waals surface area contributed by atoms with Gasteiger partial charge in [-0.25, -0.2) is 0 Å². The fourth-order valence-corrected chi connectivity index (χ4v) is 2.76. The lowest BCUT2D eigenvalue weighted by atomic mass is 10.1. The van der Waals surface area contributed by atoms with E-state index in [0.717, 1.165) is 5.56 Å². The fourth-order valence-electron chi connectivity index (χ4n) is 2.76. The highest BCUT2D eigenvalue weighted by Gasteiger charge is 2.35. The van der Waals surface area contributed by atoms with Crippen LogP contribution in [-0.4, -0.2) is 53.7 Å². The van der Waals surface area contributed by atoms with Crippen molar-refractivity contribution in [2.45, 2.75) is 25.9 Å². The van der Waals surface area contributed by atoms with Crippen LogP contribution in [0.15, 0.2) is 36.9 Å². The van der Waals surface area contributed by atoms with Crippen molar-refractivity contribution in [1.82, 2.24) is 15.1 Å². The minimum atomic E-state index is -0.420. The molecule has 1 aliphatic heterocycles. The van der Waals surface area contributed by atoms with Gasteiger partial charge in [0.25, 0.3) is 5.91 Å². The largest absolute Gasteiger partial charge is 0.352 e. The Balaban J connectivity index is 2.01. The molecule has 1 unspecified atom stereocenters. The molecule has 1 atom stereocenters. The van der Waals surface area contributed by atoms with Gasteiger partial charge in [0.1, 0.15) is 6.04 Å². The normalized spacial score (nSPS) is 16.8. The molecule has 24 heavy (non-hydrogen) atoms. The number of carbonyl (C=O) groups is 3. The minimum Gasteiger partial charge on any atom is -0.352 e. The second kappa shape index (κ2) is 7.77. The van der Waals surface area contributed by atoms with Crippen LogP contribution in [0, 0.1) is 0 Å². The Hall–Kier alpha value is -2.63. The van der Waals surface area contributed by atoms with E-state index in [1.54, 1.807) is 42.3 Å². The fraction of sp³-hybridized carbons (Fsp3) is 0.389. The van der Waals surface area contributed by atoms with E-state index in [-0.39, 0.29) is 17.7 Å². The second-order valence-corrected chi connectivity index (χ2v) is 5.90. The maximum Gasteiger partial charge on any atom is 0.254 e. The van der Waals surface area contributed by atoms with Crippen molar-refractivity contribution < 1.29 is 14.4 Å². The third-order valence-electron chi connectivity index (χ3n) is 4.15. The Kier molecular flexibility index (Phi) is 5.73. The van der Waals surface area contributed by atoms with E-state index in [0.29, 0.717) is 31.6 Å². The van der Waals surface area contributed by atoms with Crippen LogP contribution in [0.1, 0.15) is 29.3 Å². The first-order chi connectivity index (χ1) is 11.4. The van der Waals surface area contributed by atoms with Crippen LogP contribution < -0.4 is 5.32 Å². The van der Waals surface area contributed by atoms with E-state index >= 15 is 0 Å². The lowest BCUT2D eigenvalue weighted by Crippen LogP contribution is -2.42. The number of benzene rings is 1. The molecule has 1 aromatic carbocycles. The number of hydrogen-bond donors (Lipinski definition) is 1. The van der Waals surface area contributed by atoms with Crippen molar-refractivity contribution in [2.24, 2.45) is 0 Å². The van der Waals surface area contributed by atoms with Crippen molar-refractivity contribution in [1.29, 1.82) is 0 Å². The summed E-state index contributed by atoms with van der Waals surface area (Å²) in [4.78, 5) is 39.0. The maximum absolute atomic E-state index is 12.6. The van der Waals surface area contributed by atoms with Crippen LogP contribution in [0.2, 0.25) is 0 Å². The van der Waals surface area contributed by atoms with E-state index in [1.807, 2.05) is 0 Å². The van der Waals surface area contributed by atoms with E-state index in [1.165, 1.54) is 11.8 Å². The van der Waals surface area contributed by atoms with Crippen molar-refractivity contribution in [2.75, 3.05) is 20.1 Å². The van der Waals surface area contributed by atoms with Gasteiger partial charge in [0.05, 0.1) is 0 Å². The number of nitrogens with zero attached hydrogens (tertiary/aromatic N) is 2. The third-order valence-corrected chi connectivity index (χ3v) is 4.15. The Labute approximate surface area is 142 Å². The van der Waals surface area contributed by atoms with Gasteiger partial charge >= 0.3 is 0 Å². The Morgan fingerprint density at radius 1 is 1.38 bits per heavy atom. The van der Waals surface area contributed by atoms with Crippen LogP contribution in [0.4, 0.5) is 0 Å². The van der Waals surface area contributed by atoms with Gasteiger partial charge in [0, 0.05) is 39.2 Å². The lowest BCUT2D eigenvalue weighted by molar-refractivity contribution is -0.130. The Morgan fingerprint density at radius 2 is 2.04 bits per heavy atom. The average Bonchev–Trinajstić information content (AvgIpc) is 2.93. The standard InChI is InChI=1S/C18H23N3O3/c1-4-10-21-11-9-16(18(21)24)20(3)17(23)15-7-5-14(6-8-15)12-19-13(2)22/h4-8,16H,1,9-12H2,2-3H3,(H,19,22). The molecule has 0 bridgehead atoms. The number of hydrogen-bond acceptors (Lipinski definition) is 3. The summed E-state index contributed by atoms with van der Waals surface area (Å²) >= 11 is 0. The minimum absolute atomic E-state index is 0.0342. The zero-order valence-electron chi connectivity index (χ0n) is 14.1. The quantitative estimate of drug-likeness (QED) is 0.797. The van der Waals surface area contributed by atoms with Crippen molar-refractivity contribution in [3.05, 3.63) is 48.0 Å². The molecular formula is C18H23N3O3. The van der Waals surface area contributed by atoms with E-state index in [9.17, 15) is 14.4 Å². The summed E-state index contributed by atoms with van der Waals surface area (Å²) in [6.07, 6.45) is 2.32. The molecule has 0 saturated carbocycles. The molecule has 0 radical (unpaired) electrons. The molecular weight excluding hydrogens is 306 g/mol.